The van der Waals surface area contributed by atoms with Crippen molar-refractivity contribution in [2.24, 2.45) is 5.73 Å². The lowest BCUT2D eigenvalue weighted by Crippen LogP contribution is -2.23. The molecule has 0 heterocycles. The van der Waals surface area contributed by atoms with Gasteiger partial charge in [0.25, 0.3) is 0 Å². The third kappa shape index (κ3) is 3.20. The third-order valence-electron chi connectivity index (χ3n) is 3.37. The Morgan fingerprint density at radius 1 is 1.35 bits per heavy atom. The van der Waals surface area contributed by atoms with E-state index < -0.39 is 6.10 Å². The molecule has 3 N–H and O–H groups in total. The van der Waals surface area contributed by atoms with E-state index in [1.807, 2.05) is 24.3 Å². The number of nitrogens with two attached hydrogens (primary N) is 1. The van der Waals surface area contributed by atoms with Crippen LogP contribution >= 0.6 is 0 Å². The second-order valence-electron chi connectivity index (χ2n) is 4.86. The molecule has 1 aliphatic carbocycles. The van der Waals surface area contributed by atoms with Crippen LogP contribution in [0.15, 0.2) is 24.3 Å². The van der Waals surface area contributed by atoms with Gasteiger partial charge in [-0.05, 0) is 50.3 Å². The fraction of sp³-hybridized carbons (Fsp3) is 0.571. The predicted octanol–water partition coefficient (Wildman–Crippen LogP) is 2.39. The first-order valence-electron chi connectivity index (χ1n) is 6.37. The quantitative estimate of drug-likeness (QED) is 0.842. The summed E-state index contributed by atoms with van der Waals surface area (Å²) in [7, 11) is 0. The van der Waals surface area contributed by atoms with E-state index in [1.54, 1.807) is 6.92 Å². The number of hydrogen-bond donors (Lipinski definition) is 2. The predicted molar refractivity (Wildman–Crippen MR) is 67.9 cm³/mol. The van der Waals surface area contributed by atoms with Crippen LogP contribution in [0.1, 0.15) is 44.2 Å². The fourth-order valence-corrected chi connectivity index (χ4v) is 2.27. The van der Waals surface area contributed by atoms with Crippen molar-refractivity contribution in [2.75, 3.05) is 0 Å². The van der Waals surface area contributed by atoms with Gasteiger partial charge in [-0.2, -0.15) is 0 Å². The zero-order valence-corrected chi connectivity index (χ0v) is 10.3. The summed E-state index contributed by atoms with van der Waals surface area (Å²) >= 11 is 0. The highest BCUT2D eigenvalue weighted by atomic mass is 16.5. The molecule has 1 saturated carbocycles. The zero-order chi connectivity index (χ0) is 12.3. The summed E-state index contributed by atoms with van der Waals surface area (Å²) in [5.74, 6) is 0.866. The van der Waals surface area contributed by atoms with Crippen LogP contribution < -0.4 is 10.5 Å². The molecule has 0 aromatic heterocycles. The van der Waals surface area contributed by atoms with Gasteiger partial charge >= 0.3 is 0 Å². The Labute approximate surface area is 103 Å². The first-order chi connectivity index (χ1) is 8.16. The van der Waals surface area contributed by atoms with Crippen molar-refractivity contribution in [3.05, 3.63) is 29.8 Å². The number of aliphatic hydroxyl groups excluding tert-OH is 1. The summed E-state index contributed by atoms with van der Waals surface area (Å²) in [5, 5.41) is 9.48. The van der Waals surface area contributed by atoms with Crippen molar-refractivity contribution in [3.63, 3.8) is 0 Å². The van der Waals surface area contributed by atoms with Crippen molar-refractivity contribution < 1.29 is 9.84 Å². The monoisotopic (exact) mass is 235 g/mol. The first kappa shape index (κ1) is 12.4. The first-order valence-corrected chi connectivity index (χ1v) is 6.37. The Hall–Kier alpha value is -1.06. The van der Waals surface area contributed by atoms with Gasteiger partial charge in [0, 0.05) is 0 Å². The lowest BCUT2D eigenvalue weighted by Gasteiger charge is -2.18. The van der Waals surface area contributed by atoms with Crippen molar-refractivity contribution >= 4 is 0 Å². The van der Waals surface area contributed by atoms with Crippen LogP contribution in [0.25, 0.3) is 0 Å². The van der Waals surface area contributed by atoms with Crippen LogP contribution in [0.3, 0.4) is 0 Å². The number of benzene rings is 1. The van der Waals surface area contributed by atoms with Gasteiger partial charge in [0.05, 0.1) is 18.2 Å². The second kappa shape index (κ2) is 5.52. The molecule has 0 radical (unpaired) electrons. The summed E-state index contributed by atoms with van der Waals surface area (Å²) < 4.78 is 5.91. The SMILES string of the molecule is C[C@@H](O)[C@H](N)c1cccc(OC2CCCC2)c1. The van der Waals surface area contributed by atoms with Gasteiger partial charge in [0.2, 0.25) is 0 Å². The highest BCUT2D eigenvalue weighted by molar-refractivity contribution is 5.31. The van der Waals surface area contributed by atoms with E-state index in [0.29, 0.717) is 6.10 Å². The Balaban J connectivity index is 2.05. The zero-order valence-electron chi connectivity index (χ0n) is 10.3. The average Bonchev–Trinajstić information content (AvgIpc) is 2.81. The van der Waals surface area contributed by atoms with E-state index in [1.165, 1.54) is 12.8 Å². The van der Waals surface area contributed by atoms with Gasteiger partial charge in [0.1, 0.15) is 5.75 Å². The van der Waals surface area contributed by atoms with Crippen LogP contribution in [-0.2, 0) is 0 Å². The van der Waals surface area contributed by atoms with Gasteiger partial charge < -0.3 is 15.6 Å². The summed E-state index contributed by atoms with van der Waals surface area (Å²) in [5.41, 5.74) is 6.84. The summed E-state index contributed by atoms with van der Waals surface area (Å²) in [6, 6.07) is 7.41. The van der Waals surface area contributed by atoms with Crippen LogP contribution in [-0.4, -0.2) is 17.3 Å². The van der Waals surface area contributed by atoms with Gasteiger partial charge in [-0.3, -0.25) is 0 Å². The smallest absolute Gasteiger partial charge is 0.120 e. The molecule has 0 amide bonds. The van der Waals surface area contributed by atoms with Crippen LogP contribution in [0.5, 0.6) is 5.75 Å². The maximum absolute atomic E-state index is 9.48. The molecule has 17 heavy (non-hydrogen) atoms. The van der Waals surface area contributed by atoms with E-state index in [2.05, 4.69) is 0 Å². The molecule has 0 saturated heterocycles. The molecule has 1 fully saturated rings. The second-order valence-corrected chi connectivity index (χ2v) is 4.86. The molecule has 94 valence electrons. The van der Waals surface area contributed by atoms with E-state index in [4.69, 9.17) is 10.5 Å². The Kier molecular flexibility index (Phi) is 4.02. The standard InChI is InChI=1S/C14H21NO2/c1-10(16)14(15)11-5-4-8-13(9-11)17-12-6-2-3-7-12/h4-5,8-10,12,14,16H,2-3,6-7,15H2,1H3/t10-,14+/m1/s1. The lowest BCUT2D eigenvalue weighted by atomic mass is 10.0. The largest absolute Gasteiger partial charge is 0.490 e. The molecule has 1 aliphatic rings. The summed E-state index contributed by atoms with van der Waals surface area (Å²) in [6.07, 6.45) is 4.62. The van der Waals surface area contributed by atoms with Crippen molar-refractivity contribution in [1.29, 1.82) is 0 Å². The highest BCUT2D eigenvalue weighted by Gasteiger charge is 2.17. The van der Waals surface area contributed by atoms with Crippen molar-refractivity contribution in [1.82, 2.24) is 0 Å². The van der Waals surface area contributed by atoms with E-state index in [-0.39, 0.29) is 6.04 Å². The molecular formula is C14H21NO2. The Morgan fingerprint density at radius 2 is 2.06 bits per heavy atom. The van der Waals surface area contributed by atoms with Gasteiger partial charge in [-0.25, -0.2) is 0 Å². The summed E-state index contributed by atoms with van der Waals surface area (Å²) in [6.45, 7) is 1.70. The number of rotatable bonds is 4. The van der Waals surface area contributed by atoms with E-state index in [0.717, 1.165) is 24.2 Å². The van der Waals surface area contributed by atoms with Crippen LogP contribution in [0.2, 0.25) is 0 Å². The minimum absolute atomic E-state index is 0.345. The van der Waals surface area contributed by atoms with Crippen molar-refractivity contribution in [2.45, 2.75) is 50.9 Å². The summed E-state index contributed by atoms with van der Waals surface area (Å²) in [4.78, 5) is 0. The minimum Gasteiger partial charge on any atom is -0.490 e. The highest BCUT2D eigenvalue weighted by Crippen LogP contribution is 2.26. The van der Waals surface area contributed by atoms with Gasteiger partial charge in [-0.15, -0.1) is 0 Å². The number of aliphatic hydroxyl groups is 1. The maximum atomic E-state index is 9.48. The molecule has 0 spiro atoms. The molecular weight excluding hydrogens is 214 g/mol. The number of ether oxygens (including phenoxy) is 1. The molecule has 1 aromatic carbocycles. The molecule has 2 rings (SSSR count). The van der Waals surface area contributed by atoms with E-state index in [9.17, 15) is 5.11 Å². The fourth-order valence-electron chi connectivity index (χ4n) is 2.27. The number of hydrogen-bond acceptors (Lipinski definition) is 3. The van der Waals surface area contributed by atoms with E-state index >= 15 is 0 Å². The molecule has 0 bridgehead atoms. The van der Waals surface area contributed by atoms with Gasteiger partial charge in [0.15, 0.2) is 0 Å². The lowest BCUT2D eigenvalue weighted by molar-refractivity contribution is 0.163. The van der Waals surface area contributed by atoms with Gasteiger partial charge in [-0.1, -0.05) is 12.1 Å². The van der Waals surface area contributed by atoms with Crippen LogP contribution in [0.4, 0.5) is 0 Å². The Bertz CT molecular complexity index is 359. The van der Waals surface area contributed by atoms with Crippen molar-refractivity contribution in [3.8, 4) is 5.75 Å². The average molecular weight is 235 g/mol. The molecule has 0 unspecified atom stereocenters. The normalized spacial score (nSPS) is 20.2. The molecule has 3 nitrogen and oxygen atoms in total. The topological polar surface area (TPSA) is 55.5 Å². The third-order valence-corrected chi connectivity index (χ3v) is 3.37. The van der Waals surface area contributed by atoms with Crippen LogP contribution in [0, 0.1) is 0 Å². The molecule has 1 aromatic rings. The molecule has 3 heteroatoms. The molecule has 2 atom stereocenters. The Morgan fingerprint density at radius 3 is 2.71 bits per heavy atom. The maximum Gasteiger partial charge on any atom is 0.120 e. The minimum atomic E-state index is -0.545. The molecule has 0 aliphatic heterocycles.